The average Bonchev–Trinajstić information content (AvgIpc) is 2.51. The summed E-state index contributed by atoms with van der Waals surface area (Å²) in [5.74, 6) is 0. The van der Waals surface area contributed by atoms with Gasteiger partial charge in [0.25, 0.3) is 5.69 Å². The first-order chi connectivity index (χ1) is 11.0. The summed E-state index contributed by atoms with van der Waals surface area (Å²) in [6.45, 7) is 8.68. The Labute approximate surface area is 141 Å². The lowest BCUT2D eigenvalue weighted by Gasteiger charge is -2.26. The smallest absolute Gasteiger partial charge is 0.293 e. The van der Waals surface area contributed by atoms with Crippen LogP contribution in [0.3, 0.4) is 0 Å². The van der Waals surface area contributed by atoms with Crippen molar-refractivity contribution < 1.29 is 9.66 Å². The molecule has 1 aromatic carbocycles. The van der Waals surface area contributed by atoms with Crippen molar-refractivity contribution in [2.45, 2.75) is 13.8 Å². The van der Waals surface area contributed by atoms with Gasteiger partial charge < -0.3 is 15.4 Å². The van der Waals surface area contributed by atoms with E-state index in [1.54, 1.807) is 12.1 Å². The molecule has 0 amide bonds. The van der Waals surface area contributed by atoms with Gasteiger partial charge in [-0.15, -0.1) is 0 Å². The van der Waals surface area contributed by atoms with Gasteiger partial charge in [-0.1, -0.05) is 0 Å². The molecule has 1 aliphatic rings. The third kappa shape index (κ3) is 5.12. The highest BCUT2D eigenvalue weighted by Crippen LogP contribution is 2.27. The number of nitrogens with zero attached hydrogens (tertiary/aromatic N) is 2. The first-order valence-corrected chi connectivity index (χ1v) is 7.99. The molecule has 23 heavy (non-hydrogen) atoms. The molecule has 0 saturated carbocycles. The van der Waals surface area contributed by atoms with Gasteiger partial charge in [-0.25, -0.2) is 0 Å². The molecule has 0 bridgehead atoms. The van der Waals surface area contributed by atoms with Gasteiger partial charge in [0.05, 0.1) is 18.1 Å². The molecule has 0 spiro atoms. The SMILES string of the molecule is Cc1cc(NC(=S)NCCN2CCOCC2)c([N+](=O)[O-])cc1C. The van der Waals surface area contributed by atoms with Crippen molar-refractivity contribution in [3.05, 3.63) is 33.4 Å². The minimum Gasteiger partial charge on any atom is -0.379 e. The van der Waals surface area contributed by atoms with Crippen LogP contribution in [0.4, 0.5) is 11.4 Å². The van der Waals surface area contributed by atoms with Crippen LogP contribution in [0.15, 0.2) is 12.1 Å². The third-order valence-corrected chi connectivity index (χ3v) is 4.12. The Hall–Kier alpha value is -1.77. The number of morpholine rings is 1. The predicted octanol–water partition coefficient (Wildman–Crippen LogP) is 1.83. The topological polar surface area (TPSA) is 79.7 Å². The predicted molar refractivity (Wildman–Crippen MR) is 94.1 cm³/mol. The van der Waals surface area contributed by atoms with E-state index in [-0.39, 0.29) is 5.69 Å². The normalized spacial score (nSPS) is 15.2. The van der Waals surface area contributed by atoms with Crippen LogP contribution in [0.5, 0.6) is 0 Å². The van der Waals surface area contributed by atoms with Crippen molar-refractivity contribution in [3.8, 4) is 0 Å². The van der Waals surface area contributed by atoms with Crippen LogP contribution >= 0.6 is 12.2 Å². The van der Waals surface area contributed by atoms with Crippen LogP contribution in [0.25, 0.3) is 0 Å². The van der Waals surface area contributed by atoms with Crippen molar-refractivity contribution in [2.24, 2.45) is 0 Å². The van der Waals surface area contributed by atoms with Crippen LogP contribution in [-0.4, -0.2) is 54.3 Å². The van der Waals surface area contributed by atoms with Crippen LogP contribution in [0, 0.1) is 24.0 Å². The second-order valence-electron chi connectivity index (χ2n) is 5.55. The molecule has 0 aromatic heterocycles. The molecule has 7 nitrogen and oxygen atoms in total. The van der Waals surface area contributed by atoms with Gasteiger partial charge in [-0.3, -0.25) is 15.0 Å². The molecule has 0 atom stereocenters. The second-order valence-corrected chi connectivity index (χ2v) is 5.95. The van der Waals surface area contributed by atoms with Gasteiger partial charge in [0.15, 0.2) is 5.11 Å². The molecule has 2 rings (SSSR count). The summed E-state index contributed by atoms with van der Waals surface area (Å²) < 4.78 is 5.30. The number of anilines is 1. The van der Waals surface area contributed by atoms with Crippen molar-refractivity contribution in [1.29, 1.82) is 0 Å². The summed E-state index contributed by atoms with van der Waals surface area (Å²) in [7, 11) is 0. The van der Waals surface area contributed by atoms with Gasteiger partial charge in [0.2, 0.25) is 0 Å². The number of ether oxygens (including phenoxy) is 1. The lowest BCUT2D eigenvalue weighted by atomic mass is 10.1. The molecule has 126 valence electrons. The van der Waals surface area contributed by atoms with Gasteiger partial charge in [0.1, 0.15) is 5.69 Å². The number of nitro benzene ring substituents is 1. The van der Waals surface area contributed by atoms with Crippen molar-refractivity contribution in [1.82, 2.24) is 10.2 Å². The van der Waals surface area contributed by atoms with Crippen LogP contribution < -0.4 is 10.6 Å². The number of benzene rings is 1. The zero-order chi connectivity index (χ0) is 16.8. The number of hydrogen-bond acceptors (Lipinski definition) is 5. The van der Waals surface area contributed by atoms with E-state index in [1.165, 1.54) is 0 Å². The summed E-state index contributed by atoms with van der Waals surface area (Å²) in [5.41, 5.74) is 2.31. The van der Waals surface area contributed by atoms with Gasteiger partial charge in [0, 0.05) is 32.2 Å². The van der Waals surface area contributed by atoms with Crippen molar-refractivity contribution in [2.75, 3.05) is 44.7 Å². The van der Waals surface area contributed by atoms with Crippen LogP contribution in [-0.2, 0) is 4.74 Å². The molecule has 8 heteroatoms. The Morgan fingerprint density at radius 3 is 2.65 bits per heavy atom. The van der Waals surface area contributed by atoms with E-state index in [9.17, 15) is 10.1 Å². The lowest BCUT2D eigenvalue weighted by molar-refractivity contribution is -0.384. The Morgan fingerprint density at radius 1 is 1.35 bits per heavy atom. The Morgan fingerprint density at radius 2 is 2.00 bits per heavy atom. The van der Waals surface area contributed by atoms with Gasteiger partial charge in [-0.05, 0) is 43.3 Å². The molecular weight excluding hydrogens is 316 g/mol. The molecular formula is C15H22N4O3S. The van der Waals surface area contributed by atoms with Crippen LogP contribution in [0.1, 0.15) is 11.1 Å². The van der Waals surface area contributed by atoms with Gasteiger partial charge >= 0.3 is 0 Å². The number of hydrogen-bond donors (Lipinski definition) is 2. The van der Waals surface area contributed by atoms with Gasteiger partial charge in [-0.2, -0.15) is 0 Å². The molecule has 1 heterocycles. The second kappa shape index (κ2) is 8.19. The molecule has 1 saturated heterocycles. The maximum absolute atomic E-state index is 11.2. The molecule has 0 aliphatic carbocycles. The number of thiocarbonyl (C=S) groups is 1. The van der Waals surface area contributed by atoms with Crippen LogP contribution in [0.2, 0.25) is 0 Å². The summed E-state index contributed by atoms with van der Waals surface area (Å²) in [6.07, 6.45) is 0. The van der Waals surface area contributed by atoms with E-state index in [4.69, 9.17) is 17.0 Å². The first kappa shape index (κ1) is 17.6. The maximum atomic E-state index is 11.2. The quantitative estimate of drug-likeness (QED) is 0.482. The molecule has 1 aromatic rings. The monoisotopic (exact) mass is 338 g/mol. The number of nitro groups is 1. The van der Waals surface area contributed by atoms with E-state index in [0.717, 1.165) is 44.0 Å². The molecule has 2 N–H and O–H groups in total. The number of rotatable bonds is 5. The minimum absolute atomic E-state index is 0.0328. The fraction of sp³-hybridized carbons (Fsp3) is 0.533. The summed E-state index contributed by atoms with van der Waals surface area (Å²) >= 11 is 5.24. The highest BCUT2D eigenvalue weighted by Gasteiger charge is 2.16. The van der Waals surface area contributed by atoms with E-state index in [2.05, 4.69) is 15.5 Å². The van der Waals surface area contributed by atoms with Crippen molar-refractivity contribution in [3.63, 3.8) is 0 Å². The summed E-state index contributed by atoms with van der Waals surface area (Å²) in [6, 6.07) is 3.32. The largest absolute Gasteiger partial charge is 0.379 e. The minimum atomic E-state index is -0.398. The zero-order valence-corrected chi connectivity index (χ0v) is 14.2. The highest BCUT2D eigenvalue weighted by molar-refractivity contribution is 7.80. The van der Waals surface area contributed by atoms with E-state index in [1.807, 2.05) is 13.8 Å². The Kier molecular flexibility index (Phi) is 6.26. The highest BCUT2D eigenvalue weighted by atomic mass is 32.1. The molecule has 0 radical (unpaired) electrons. The molecule has 1 fully saturated rings. The van der Waals surface area contributed by atoms with E-state index < -0.39 is 4.92 Å². The fourth-order valence-corrected chi connectivity index (χ4v) is 2.58. The average molecular weight is 338 g/mol. The third-order valence-electron chi connectivity index (χ3n) is 3.87. The Balaban J connectivity index is 1.89. The standard InChI is InChI=1S/C15H22N4O3S/c1-11-9-13(14(19(20)21)10-12(11)2)17-15(23)16-3-4-18-5-7-22-8-6-18/h9-10H,3-8H2,1-2H3,(H2,16,17,23). The fourth-order valence-electron chi connectivity index (χ4n) is 2.37. The molecule has 0 unspecified atom stereocenters. The van der Waals surface area contributed by atoms with E-state index >= 15 is 0 Å². The number of aryl methyl sites for hydroxylation is 2. The number of nitrogens with one attached hydrogen (secondary N) is 2. The molecule has 1 aliphatic heterocycles. The Bertz CT molecular complexity index is 588. The summed E-state index contributed by atoms with van der Waals surface area (Å²) in [4.78, 5) is 13.1. The summed E-state index contributed by atoms with van der Waals surface area (Å²) in [5, 5.41) is 17.6. The lowest BCUT2D eigenvalue weighted by Crippen LogP contribution is -2.42. The van der Waals surface area contributed by atoms with E-state index in [0.29, 0.717) is 17.3 Å². The van der Waals surface area contributed by atoms with Crippen molar-refractivity contribution >= 4 is 28.7 Å². The zero-order valence-electron chi connectivity index (χ0n) is 13.4. The first-order valence-electron chi connectivity index (χ1n) is 7.58. The maximum Gasteiger partial charge on any atom is 0.293 e.